The van der Waals surface area contributed by atoms with Crippen molar-refractivity contribution in [3.05, 3.63) is 59.6 Å². The summed E-state index contributed by atoms with van der Waals surface area (Å²) in [5.41, 5.74) is 0.494. The lowest BCUT2D eigenvalue weighted by atomic mass is 9.55. The van der Waals surface area contributed by atoms with Crippen molar-refractivity contribution in [3.8, 4) is 5.75 Å². The number of aliphatic hydroxyl groups is 1. The van der Waals surface area contributed by atoms with E-state index in [9.17, 15) is 15.0 Å². The Balaban J connectivity index is 1.36. The van der Waals surface area contributed by atoms with Crippen molar-refractivity contribution < 1.29 is 19.4 Å². The van der Waals surface area contributed by atoms with Crippen LogP contribution >= 0.6 is 0 Å². The van der Waals surface area contributed by atoms with E-state index in [1.54, 1.807) is 30.5 Å². The third kappa shape index (κ3) is 4.46. The van der Waals surface area contributed by atoms with E-state index in [1.165, 1.54) is 12.8 Å². The molecule has 5 rings (SSSR count). The number of carbonyl (C=O) groups is 1. The average molecular weight is 451 g/mol. The van der Waals surface area contributed by atoms with Crippen molar-refractivity contribution >= 4 is 12.0 Å². The third-order valence-electron chi connectivity index (χ3n) is 8.00. The van der Waals surface area contributed by atoms with Crippen LogP contribution in [0.25, 0.3) is 6.08 Å². The molecule has 1 saturated heterocycles. The number of aryl methyl sites for hydroxylation is 1. The van der Waals surface area contributed by atoms with Gasteiger partial charge in [0, 0.05) is 36.2 Å². The number of nitrogens with zero attached hydrogens (tertiary/aromatic N) is 1. The molecular formula is C27H34N2O4. The summed E-state index contributed by atoms with van der Waals surface area (Å²) < 4.78 is 5.29. The maximum Gasteiger partial charge on any atom is 0.244 e. The second-order valence-corrected chi connectivity index (χ2v) is 10.3. The monoisotopic (exact) mass is 450 g/mol. The molecule has 1 aliphatic heterocycles. The number of nitrogens with one attached hydrogen (secondary N) is 1. The molecule has 1 amide bonds. The van der Waals surface area contributed by atoms with Gasteiger partial charge >= 0.3 is 0 Å². The molecule has 33 heavy (non-hydrogen) atoms. The average Bonchev–Trinajstić information content (AvgIpc) is 3.50. The molecule has 0 spiro atoms. The number of amides is 1. The summed E-state index contributed by atoms with van der Waals surface area (Å²) in [6, 6.07) is 9.15. The molecule has 3 aliphatic rings. The summed E-state index contributed by atoms with van der Waals surface area (Å²) in [5.74, 6) is 1.64. The van der Waals surface area contributed by atoms with E-state index in [4.69, 9.17) is 4.42 Å². The Bertz CT molecular complexity index is 1040. The summed E-state index contributed by atoms with van der Waals surface area (Å²) in [6.07, 6.45) is 10.4. The smallest absolute Gasteiger partial charge is 0.244 e. The van der Waals surface area contributed by atoms with Gasteiger partial charge in [-0.25, -0.2) is 0 Å². The van der Waals surface area contributed by atoms with Gasteiger partial charge in [0.25, 0.3) is 0 Å². The molecule has 176 valence electrons. The second kappa shape index (κ2) is 8.65. The fraction of sp³-hybridized carbons (Fsp3) is 0.519. The lowest BCUT2D eigenvalue weighted by Crippen LogP contribution is -2.67. The van der Waals surface area contributed by atoms with Crippen molar-refractivity contribution in [1.29, 1.82) is 0 Å². The Morgan fingerprint density at radius 2 is 2.12 bits per heavy atom. The van der Waals surface area contributed by atoms with Crippen LogP contribution in [0.4, 0.5) is 0 Å². The van der Waals surface area contributed by atoms with Gasteiger partial charge in [-0.2, -0.15) is 0 Å². The zero-order chi connectivity index (χ0) is 23.1. The fourth-order valence-electron chi connectivity index (χ4n) is 5.99. The minimum atomic E-state index is -0.876. The molecular weight excluding hydrogens is 416 g/mol. The van der Waals surface area contributed by atoms with Gasteiger partial charge in [0.15, 0.2) is 0 Å². The quantitative estimate of drug-likeness (QED) is 0.584. The van der Waals surface area contributed by atoms with Crippen LogP contribution in [0.2, 0.25) is 0 Å². The van der Waals surface area contributed by atoms with Crippen LogP contribution < -0.4 is 5.32 Å². The number of fused-ring (bicyclic) bond motifs is 1. The molecule has 3 fully saturated rings. The van der Waals surface area contributed by atoms with Gasteiger partial charge in [0.2, 0.25) is 5.91 Å². The molecule has 0 bridgehead atoms. The predicted octanol–water partition coefficient (Wildman–Crippen LogP) is 3.76. The zero-order valence-electron chi connectivity index (χ0n) is 19.3. The molecule has 3 atom stereocenters. The number of hydrogen-bond acceptors (Lipinski definition) is 5. The number of likely N-dealkylation sites (tertiary alicyclic amines) is 1. The van der Waals surface area contributed by atoms with Crippen molar-refractivity contribution in [3.63, 3.8) is 0 Å². The zero-order valence-corrected chi connectivity index (χ0v) is 19.3. The van der Waals surface area contributed by atoms with Gasteiger partial charge in [-0.1, -0.05) is 12.1 Å². The number of carbonyl (C=O) groups excluding carboxylic acids is 1. The molecule has 3 N–H and O–H groups in total. The summed E-state index contributed by atoms with van der Waals surface area (Å²) in [4.78, 5) is 15.1. The highest BCUT2D eigenvalue weighted by Crippen LogP contribution is 2.52. The molecule has 0 unspecified atom stereocenters. The number of hydrogen-bond donors (Lipinski definition) is 3. The summed E-state index contributed by atoms with van der Waals surface area (Å²) in [6.45, 7) is 4.51. The number of β-amino-alcohol motifs (C(OH)–C–C–N with tert-alkyl or cyclic N) is 1. The first-order valence-electron chi connectivity index (χ1n) is 12.1. The van der Waals surface area contributed by atoms with Crippen LogP contribution in [0.3, 0.4) is 0 Å². The molecule has 2 aliphatic carbocycles. The van der Waals surface area contributed by atoms with Gasteiger partial charge in [0.05, 0.1) is 11.9 Å². The molecule has 1 aromatic heterocycles. The Labute approximate surface area is 195 Å². The number of phenols is 1. The number of benzene rings is 1. The van der Waals surface area contributed by atoms with Crippen molar-refractivity contribution in [1.82, 2.24) is 10.2 Å². The van der Waals surface area contributed by atoms with Crippen molar-refractivity contribution in [2.45, 2.75) is 62.5 Å². The molecule has 2 aromatic rings. The standard InChI is InChI=1S/C27H34N2O4/c1-19-21(10-14-33-19)7-8-25(31)28-23-9-11-27(32)18-29(17-20-5-6-20)13-12-26(27,16-23)22-3-2-4-24(30)15-22/h2-4,7-8,10,14-15,20,23,30,32H,5-6,9,11-13,16-18H2,1H3,(H,28,31)/b8-7+/t23-,26+,27+/m1/s1. The van der Waals surface area contributed by atoms with Gasteiger partial charge in [0.1, 0.15) is 11.5 Å². The Morgan fingerprint density at radius 1 is 1.27 bits per heavy atom. The second-order valence-electron chi connectivity index (χ2n) is 10.3. The Morgan fingerprint density at radius 3 is 2.85 bits per heavy atom. The highest BCUT2D eigenvalue weighted by atomic mass is 16.3. The first-order chi connectivity index (χ1) is 15.9. The normalized spacial score (nSPS) is 30.3. The van der Waals surface area contributed by atoms with Crippen LogP contribution in [0, 0.1) is 12.8 Å². The van der Waals surface area contributed by atoms with Gasteiger partial charge in [-0.05, 0) is 87.7 Å². The summed E-state index contributed by atoms with van der Waals surface area (Å²) in [5, 5.41) is 25.4. The van der Waals surface area contributed by atoms with E-state index in [0.717, 1.165) is 48.7 Å². The Kier molecular flexibility index (Phi) is 5.83. The summed E-state index contributed by atoms with van der Waals surface area (Å²) >= 11 is 0. The van der Waals surface area contributed by atoms with Crippen molar-refractivity contribution in [2.24, 2.45) is 5.92 Å². The topological polar surface area (TPSA) is 85.9 Å². The van der Waals surface area contributed by atoms with Gasteiger partial charge < -0.3 is 24.8 Å². The van der Waals surface area contributed by atoms with E-state index in [0.29, 0.717) is 19.4 Å². The molecule has 0 radical (unpaired) electrons. The third-order valence-corrected chi connectivity index (χ3v) is 8.00. The minimum Gasteiger partial charge on any atom is -0.508 e. The van der Waals surface area contributed by atoms with E-state index in [2.05, 4.69) is 10.2 Å². The van der Waals surface area contributed by atoms with Gasteiger partial charge in [-0.15, -0.1) is 0 Å². The highest BCUT2D eigenvalue weighted by molar-refractivity contribution is 5.92. The van der Waals surface area contributed by atoms with Crippen molar-refractivity contribution in [2.75, 3.05) is 19.6 Å². The van der Waals surface area contributed by atoms with Gasteiger partial charge in [-0.3, -0.25) is 4.79 Å². The Hall–Kier alpha value is -2.57. The SMILES string of the molecule is Cc1occc1/C=C/C(=O)N[C@@H]1CC[C@]2(O)CN(CC3CC3)CC[C@@]2(c2cccc(O)c2)C1. The predicted molar refractivity (Wildman–Crippen MR) is 127 cm³/mol. The number of furan rings is 1. The van der Waals surface area contributed by atoms with E-state index >= 15 is 0 Å². The van der Waals surface area contributed by atoms with E-state index in [-0.39, 0.29) is 17.7 Å². The minimum absolute atomic E-state index is 0.0368. The summed E-state index contributed by atoms with van der Waals surface area (Å²) in [7, 11) is 0. The van der Waals surface area contributed by atoms with E-state index in [1.807, 2.05) is 25.1 Å². The molecule has 6 nitrogen and oxygen atoms in total. The largest absolute Gasteiger partial charge is 0.508 e. The van der Waals surface area contributed by atoms with Crippen LogP contribution in [0.15, 0.2) is 47.1 Å². The fourth-order valence-corrected chi connectivity index (χ4v) is 5.99. The molecule has 6 heteroatoms. The van der Waals surface area contributed by atoms with Crippen LogP contribution in [0.1, 0.15) is 55.4 Å². The number of piperidine rings is 1. The first kappa shape index (κ1) is 22.2. The first-order valence-corrected chi connectivity index (χ1v) is 12.1. The number of rotatable bonds is 6. The van der Waals surface area contributed by atoms with Crippen LogP contribution in [-0.2, 0) is 10.2 Å². The number of phenolic OH excluding ortho intramolecular Hbond substituents is 1. The number of aromatic hydroxyl groups is 1. The van der Waals surface area contributed by atoms with Crippen LogP contribution in [0.5, 0.6) is 5.75 Å². The molecule has 2 saturated carbocycles. The van der Waals surface area contributed by atoms with E-state index < -0.39 is 11.0 Å². The maximum atomic E-state index is 12.7. The lowest BCUT2D eigenvalue weighted by molar-refractivity contribution is -0.132. The maximum absolute atomic E-state index is 12.7. The van der Waals surface area contributed by atoms with Crippen LogP contribution in [-0.4, -0.2) is 52.3 Å². The highest BCUT2D eigenvalue weighted by Gasteiger charge is 2.57. The molecule has 1 aromatic carbocycles. The molecule has 2 heterocycles. The lowest BCUT2D eigenvalue weighted by Gasteiger charge is -2.58.